The molecule has 2 unspecified atom stereocenters. The maximum Gasteiger partial charge on any atom is 0.414 e. The van der Waals surface area contributed by atoms with E-state index in [2.05, 4.69) is 14.8 Å². The second-order valence-electron chi connectivity index (χ2n) is 4.23. The average Bonchev–Trinajstić information content (AvgIpc) is 2.31. The predicted octanol–water partition coefficient (Wildman–Crippen LogP) is 1.89. The van der Waals surface area contributed by atoms with E-state index in [0.717, 1.165) is 6.92 Å². The van der Waals surface area contributed by atoms with Gasteiger partial charge < -0.3 is 14.8 Å². The molecular formula is C11H20F3NO3. The number of carbonyl (C=O) groups excluding carboxylic acids is 1. The van der Waals surface area contributed by atoms with Crippen LogP contribution in [0.5, 0.6) is 0 Å². The van der Waals surface area contributed by atoms with E-state index in [1.165, 1.54) is 7.11 Å². The van der Waals surface area contributed by atoms with Crippen molar-refractivity contribution in [3.63, 3.8) is 0 Å². The molecule has 0 aromatic rings. The van der Waals surface area contributed by atoms with Gasteiger partial charge in [0, 0.05) is 6.61 Å². The summed E-state index contributed by atoms with van der Waals surface area (Å²) in [4.78, 5) is 11.4. The molecule has 0 aliphatic rings. The molecule has 0 saturated carbocycles. The third-order valence-electron chi connectivity index (χ3n) is 2.84. The molecule has 1 N–H and O–H groups in total. The Morgan fingerprint density at radius 1 is 1.39 bits per heavy atom. The SMILES string of the molecule is CNC(C)(CCCOC(C)C(F)(F)F)C(=O)OC. The normalized spacial score (nSPS) is 17.1. The number of likely N-dealkylation sites (N-methyl/N-ethyl adjacent to an activating group) is 1. The summed E-state index contributed by atoms with van der Waals surface area (Å²) in [5.41, 5.74) is -0.903. The molecule has 0 saturated heterocycles. The van der Waals surface area contributed by atoms with Crippen molar-refractivity contribution in [3.8, 4) is 0 Å². The van der Waals surface area contributed by atoms with Crippen LogP contribution < -0.4 is 5.32 Å². The number of ether oxygens (including phenoxy) is 2. The number of hydrogen-bond donors (Lipinski definition) is 1. The van der Waals surface area contributed by atoms with Crippen LogP contribution in [0.1, 0.15) is 26.7 Å². The van der Waals surface area contributed by atoms with Gasteiger partial charge in [0.2, 0.25) is 0 Å². The highest BCUT2D eigenvalue weighted by Gasteiger charge is 2.37. The van der Waals surface area contributed by atoms with Crippen LogP contribution >= 0.6 is 0 Å². The number of alkyl halides is 3. The van der Waals surface area contributed by atoms with Crippen molar-refractivity contribution in [1.29, 1.82) is 0 Å². The Morgan fingerprint density at radius 3 is 2.33 bits per heavy atom. The second-order valence-corrected chi connectivity index (χ2v) is 4.23. The lowest BCUT2D eigenvalue weighted by molar-refractivity contribution is -0.214. The highest BCUT2D eigenvalue weighted by molar-refractivity contribution is 5.80. The van der Waals surface area contributed by atoms with Crippen molar-refractivity contribution in [3.05, 3.63) is 0 Å². The first-order valence-corrected chi connectivity index (χ1v) is 5.63. The van der Waals surface area contributed by atoms with Gasteiger partial charge in [0.05, 0.1) is 7.11 Å². The maximum absolute atomic E-state index is 12.1. The molecule has 0 aromatic carbocycles. The Balaban J connectivity index is 4.07. The molecule has 18 heavy (non-hydrogen) atoms. The minimum atomic E-state index is -4.35. The van der Waals surface area contributed by atoms with Crippen LogP contribution in [0.4, 0.5) is 13.2 Å². The van der Waals surface area contributed by atoms with E-state index in [0.29, 0.717) is 12.8 Å². The fraction of sp³-hybridized carbons (Fsp3) is 0.909. The molecule has 0 heterocycles. The van der Waals surface area contributed by atoms with Gasteiger partial charge in [0.1, 0.15) is 5.54 Å². The highest BCUT2D eigenvalue weighted by atomic mass is 19.4. The van der Waals surface area contributed by atoms with Gasteiger partial charge in [0.25, 0.3) is 0 Å². The molecule has 0 aromatic heterocycles. The molecule has 108 valence electrons. The molecule has 0 radical (unpaired) electrons. The van der Waals surface area contributed by atoms with Crippen LogP contribution in [0.3, 0.4) is 0 Å². The summed E-state index contributed by atoms with van der Waals surface area (Å²) in [6.45, 7) is 2.53. The van der Waals surface area contributed by atoms with Gasteiger partial charge in [-0.25, -0.2) is 0 Å². The van der Waals surface area contributed by atoms with Crippen molar-refractivity contribution in [2.24, 2.45) is 0 Å². The standard InChI is InChI=1S/C11H20F3NO3/c1-8(11(12,13)14)18-7-5-6-10(2,15-3)9(16)17-4/h8,15H,5-7H2,1-4H3. The Kier molecular flexibility index (Phi) is 6.62. The average molecular weight is 271 g/mol. The molecule has 7 heteroatoms. The van der Waals surface area contributed by atoms with Gasteiger partial charge in [-0.1, -0.05) is 0 Å². The van der Waals surface area contributed by atoms with Crippen molar-refractivity contribution in [2.45, 2.75) is 44.5 Å². The Hall–Kier alpha value is -0.820. The van der Waals surface area contributed by atoms with Gasteiger partial charge in [0.15, 0.2) is 6.10 Å². The summed E-state index contributed by atoms with van der Waals surface area (Å²) in [6, 6.07) is 0. The lowest BCUT2D eigenvalue weighted by atomic mass is 9.96. The summed E-state index contributed by atoms with van der Waals surface area (Å²) in [5, 5.41) is 2.80. The topological polar surface area (TPSA) is 47.6 Å². The van der Waals surface area contributed by atoms with Crippen molar-refractivity contribution < 1.29 is 27.4 Å². The van der Waals surface area contributed by atoms with Gasteiger partial charge in [-0.15, -0.1) is 0 Å². The number of methoxy groups -OCH3 is 1. The molecule has 0 amide bonds. The molecule has 4 nitrogen and oxygen atoms in total. The Bertz CT molecular complexity index is 271. The van der Waals surface area contributed by atoms with Crippen molar-refractivity contribution >= 4 is 5.97 Å². The number of rotatable bonds is 7. The molecule has 0 rings (SSSR count). The van der Waals surface area contributed by atoms with Crippen LogP contribution in [0.25, 0.3) is 0 Å². The number of halogens is 3. The minimum absolute atomic E-state index is 0.0606. The number of hydrogen-bond acceptors (Lipinski definition) is 4. The van der Waals surface area contributed by atoms with Crippen molar-refractivity contribution in [2.75, 3.05) is 20.8 Å². The lowest BCUT2D eigenvalue weighted by Crippen LogP contribution is -2.48. The van der Waals surface area contributed by atoms with Crippen molar-refractivity contribution in [1.82, 2.24) is 5.32 Å². The largest absolute Gasteiger partial charge is 0.468 e. The zero-order valence-electron chi connectivity index (χ0n) is 11.1. The zero-order valence-corrected chi connectivity index (χ0v) is 11.1. The number of esters is 1. The molecule has 0 fully saturated rings. The molecular weight excluding hydrogens is 251 g/mol. The fourth-order valence-electron chi connectivity index (χ4n) is 1.33. The van der Waals surface area contributed by atoms with E-state index in [1.54, 1.807) is 14.0 Å². The summed E-state index contributed by atoms with van der Waals surface area (Å²) in [6.07, 6.45) is -5.49. The molecule has 0 aliphatic heterocycles. The van der Waals surface area contributed by atoms with E-state index in [-0.39, 0.29) is 6.61 Å². The Labute approximate surface area is 105 Å². The van der Waals surface area contributed by atoms with Crippen LogP contribution in [0.2, 0.25) is 0 Å². The van der Waals surface area contributed by atoms with E-state index in [9.17, 15) is 18.0 Å². The summed E-state index contributed by atoms with van der Waals surface area (Å²) in [5.74, 6) is -0.450. The summed E-state index contributed by atoms with van der Waals surface area (Å²) < 4.78 is 45.7. The van der Waals surface area contributed by atoms with Gasteiger partial charge in [-0.3, -0.25) is 4.79 Å². The Morgan fingerprint density at radius 2 is 1.94 bits per heavy atom. The van der Waals surface area contributed by atoms with E-state index < -0.39 is 23.8 Å². The number of nitrogens with one attached hydrogen (secondary N) is 1. The van der Waals surface area contributed by atoms with Gasteiger partial charge >= 0.3 is 12.1 Å². The second kappa shape index (κ2) is 6.94. The molecule has 0 spiro atoms. The fourth-order valence-corrected chi connectivity index (χ4v) is 1.33. The van der Waals surface area contributed by atoms with Gasteiger partial charge in [-0.05, 0) is 33.7 Å². The van der Waals surface area contributed by atoms with Crippen LogP contribution in [-0.2, 0) is 14.3 Å². The predicted molar refractivity (Wildman–Crippen MR) is 60.2 cm³/mol. The highest BCUT2D eigenvalue weighted by Crippen LogP contribution is 2.23. The first kappa shape index (κ1) is 17.2. The van der Waals surface area contributed by atoms with Crippen LogP contribution in [0.15, 0.2) is 0 Å². The zero-order chi connectivity index (χ0) is 14.4. The molecule has 0 bridgehead atoms. The summed E-state index contributed by atoms with van der Waals surface area (Å²) >= 11 is 0. The number of carbonyl (C=O) groups is 1. The maximum atomic E-state index is 12.1. The lowest BCUT2D eigenvalue weighted by Gasteiger charge is -2.26. The monoisotopic (exact) mass is 271 g/mol. The molecule has 0 aliphatic carbocycles. The third-order valence-corrected chi connectivity index (χ3v) is 2.84. The first-order valence-electron chi connectivity index (χ1n) is 5.63. The van der Waals surface area contributed by atoms with E-state index >= 15 is 0 Å². The quantitative estimate of drug-likeness (QED) is 0.567. The summed E-state index contributed by atoms with van der Waals surface area (Å²) in [7, 11) is 2.86. The van der Waals surface area contributed by atoms with E-state index in [4.69, 9.17) is 0 Å². The third kappa shape index (κ3) is 5.22. The first-order chi connectivity index (χ1) is 8.17. The molecule has 2 atom stereocenters. The van der Waals surface area contributed by atoms with E-state index in [1.807, 2.05) is 0 Å². The van der Waals surface area contributed by atoms with Gasteiger partial charge in [-0.2, -0.15) is 13.2 Å². The smallest absolute Gasteiger partial charge is 0.414 e. The van der Waals surface area contributed by atoms with Crippen LogP contribution in [-0.4, -0.2) is 44.6 Å². The van der Waals surface area contributed by atoms with Crippen LogP contribution in [0, 0.1) is 0 Å². The minimum Gasteiger partial charge on any atom is -0.468 e.